The van der Waals surface area contributed by atoms with Gasteiger partial charge in [0, 0.05) is 10.7 Å². The van der Waals surface area contributed by atoms with E-state index in [4.69, 9.17) is 11.6 Å². The van der Waals surface area contributed by atoms with Crippen LogP contribution in [-0.4, -0.2) is 19.6 Å². The molecule has 2 aromatic carbocycles. The lowest BCUT2D eigenvalue weighted by atomic mass is 10.2. The number of fused-ring (bicyclic) bond motifs is 3. The molecule has 5 nitrogen and oxygen atoms in total. The van der Waals surface area contributed by atoms with Crippen molar-refractivity contribution in [1.29, 1.82) is 0 Å². The normalized spacial score (nSPS) is 11.3. The van der Waals surface area contributed by atoms with Crippen LogP contribution in [0.3, 0.4) is 0 Å². The lowest BCUT2D eigenvalue weighted by Crippen LogP contribution is -1.96. The molecule has 4 rings (SSSR count). The van der Waals surface area contributed by atoms with E-state index in [0.717, 1.165) is 27.3 Å². The number of aromatic nitrogens is 4. The van der Waals surface area contributed by atoms with E-state index in [2.05, 4.69) is 20.4 Å². The van der Waals surface area contributed by atoms with Crippen molar-refractivity contribution in [3.8, 4) is 0 Å². The van der Waals surface area contributed by atoms with E-state index >= 15 is 0 Å². The highest BCUT2D eigenvalue weighted by molar-refractivity contribution is 6.31. The smallest absolute Gasteiger partial charge is 0.253 e. The van der Waals surface area contributed by atoms with Crippen molar-refractivity contribution < 1.29 is 0 Å². The summed E-state index contributed by atoms with van der Waals surface area (Å²) < 4.78 is 1.86. The number of para-hydroxylation sites is 2. The van der Waals surface area contributed by atoms with Crippen LogP contribution in [0.1, 0.15) is 5.56 Å². The minimum atomic E-state index is 0.633. The van der Waals surface area contributed by atoms with Crippen LogP contribution in [0.2, 0.25) is 5.02 Å². The predicted octanol–water partition coefficient (Wildman–Crippen LogP) is 3.92. The SMILES string of the molecule is Cc1c(Cl)cccc1Nc1nc2nc3ccccc3n2[nH]1. The molecule has 0 fully saturated rings. The Bertz CT molecular complexity index is 953. The first-order valence-electron chi connectivity index (χ1n) is 6.58. The van der Waals surface area contributed by atoms with Crippen LogP contribution in [0.15, 0.2) is 42.5 Å². The van der Waals surface area contributed by atoms with Crippen LogP contribution < -0.4 is 5.32 Å². The molecular formula is C15H12ClN5. The largest absolute Gasteiger partial charge is 0.324 e. The van der Waals surface area contributed by atoms with Crippen molar-refractivity contribution >= 4 is 40.0 Å². The molecule has 0 aliphatic heterocycles. The monoisotopic (exact) mass is 297 g/mol. The zero-order valence-electron chi connectivity index (χ0n) is 11.3. The van der Waals surface area contributed by atoms with Crippen molar-refractivity contribution in [2.75, 3.05) is 5.32 Å². The van der Waals surface area contributed by atoms with Gasteiger partial charge in [0.15, 0.2) is 0 Å². The van der Waals surface area contributed by atoms with Crippen molar-refractivity contribution in [3.05, 3.63) is 53.1 Å². The molecule has 104 valence electrons. The molecule has 21 heavy (non-hydrogen) atoms. The molecule has 6 heteroatoms. The maximum atomic E-state index is 6.13. The molecule has 0 radical (unpaired) electrons. The van der Waals surface area contributed by atoms with Gasteiger partial charge in [0.2, 0.25) is 5.95 Å². The lowest BCUT2D eigenvalue weighted by Gasteiger charge is -2.07. The summed E-state index contributed by atoms with van der Waals surface area (Å²) >= 11 is 6.13. The van der Waals surface area contributed by atoms with E-state index in [1.54, 1.807) is 0 Å². The van der Waals surface area contributed by atoms with Crippen molar-refractivity contribution in [2.24, 2.45) is 0 Å². The summed E-state index contributed by atoms with van der Waals surface area (Å²) in [5, 5.41) is 7.17. The number of H-pyrrole nitrogens is 1. The van der Waals surface area contributed by atoms with E-state index in [1.807, 2.05) is 53.9 Å². The van der Waals surface area contributed by atoms with E-state index in [0.29, 0.717) is 11.7 Å². The second kappa shape index (κ2) is 4.49. The van der Waals surface area contributed by atoms with Gasteiger partial charge in [-0.05, 0) is 36.8 Å². The molecule has 2 heterocycles. The number of rotatable bonds is 2. The second-order valence-electron chi connectivity index (χ2n) is 4.85. The minimum Gasteiger partial charge on any atom is -0.324 e. The Morgan fingerprint density at radius 2 is 1.95 bits per heavy atom. The number of hydrogen-bond acceptors (Lipinski definition) is 3. The number of anilines is 2. The maximum absolute atomic E-state index is 6.13. The first-order chi connectivity index (χ1) is 10.2. The van der Waals surface area contributed by atoms with Gasteiger partial charge in [0.25, 0.3) is 5.78 Å². The number of nitrogens with one attached hydrogen (secondary N) is 2. The number of aromatic amines is 1. The summed E-state index contributed by atoms with van der Waals surface area (Å²) in [5.41, 5.74) is 3.82. The second-order valence-corrected chi connectivity index (χ2v) is 5.25. The average Bonchev–Trinajstić information content (AvgIpc) is 3.01. The molecule has 2 aromatic heterocycles. The summed E-state index contributed by atoms with van der Waals surface area (Å²) in [6, 6.07) is 13.6. The van der Waals surface area contributed by atoms with E-state index in [9.17, 15) is 0 Å². The van der Waals surface area contributed by atoms with Gasteiger partial charge < -0.3 is 5.32 Å². The molecule has 0 aliphatic rings. The third-order valence-electron chi connectivity index (χ3n) is 3.49. The molecule has 4 aromatic rings. The predicted molar refractivity (Wildman–Crippen MR) is 84.3 cm³/mol. The molecule has 0 saturated carbocycles. The van der Waals surface area contributed by atoms with Gasteiger partial charge in [-0.2, -0.15) is 4.98 Å². The zero-order valence-corrected chi connectivity index (χ0v) is 12.0. The van der Waals surface area contributed by atoms with E-state index < -0.39 is 0 Å². The number of halogens is 1. The molecule has 0 atom stereocenters. The number of imidazole rings is 1. The standard InChI is InChI=1S/C15H12ClN5/c1-9-10(16)5-4-7-11(9)17-14-19-15-18-12-6-2-3-8-13(12)21(15)20-14/h2-8H,1H3,(H2,17,18,19,20). The minimum absolute atomic E-state index is 0.633. The van der Waals surface area contributed by atoms with Crippen LogP contribution in [0, 0.1) is 6.92 Å². The highest BCUT2D eigenvalue weighted by Crippen LogP contribution is 2.25. The quantitative estimate of drug-likeness (QED) is 0.589. The summed E-state index contributed by atoms with van der Waals surface area (Å²) in [6.45, 7) is 1.97. The number of nitrogens with zero attached hydrogens (tertiary/aromatic N) is 3. The Kier molecular flexibility index (Phi) is 2.62. The summed E-state index contributed by atoms with van der Waals surface area (Å²) in [5.74, 6) is 1.27. The summed E-state index contributed by atoms with van der Waals surface area (Å²) in [7, 11) is 0. The van der Waals surface area contributed by atoms with Crippen molar-refractivity contribution in [1.82, 2.24) is 19.6 Å². The van der Waals surface area contributed by atoms with E-state index in [1.165, 1.54) is 0 Å². The lowest BCUT2D eigenvalue weighted by molar-refractivity contribution is 1.01. The summed E-state index contributed by atoms with van der Waals surface area (Å²) in [4.78, 5) is 8.93. The first-order valence-corrected chi connectivity index (χ1v) is 6.95. The van der Waals surface area contributed by atoms with Gasteiger partial charge in [-0.1, -0.05) is 29.8 Å². The fraction of sp³-hybridized carbons (Fsp3) is 0.0667. The first kappa shape index (κ1) is 12.2. The molecule has 0 spiro atoms. The highest BCUT2D eigenvalue weighted by atomic mass is 35.5. The zero-order chi connectivity index (χ0) is 14.4. The van der Waals surface area contributed by atoms with Crippen molar-refractivity contribution in [3.63, 3.8) is 0 Å². The Balaban J connectivity index is 1.79. The van der Waals surface area contributed by atoms with Gasteiger partial charge in [-0.15, -0.1) is 0 Å². The maximum Gasteiger partial charge on any atom is 0.253 e. The van der Waals surface area contributed by atoms with Gasteiger partial charge >= 0.3 is 0 Å². The Morgan fingerprint density at radius 1 is 1.10 bits per heavy atom. The van der Waals surface area contributed by atoms with Crippen LogP contribution in [0.5, 0.6) is 0 Å². The topological polar surface area (TPSA) is 58.0 Å². The molecule has 0 amide bonds. The third kappa shape index (κ3) is 1.94. The van der Waals surface area contributed by atoms with Gasteiger partial charge in [0.05, 0.1) is 11.0 Å². The van der Waals surface area contributed by atoms with Gasteiger partial charge in [-0.25, -0.2) is 9.50 Å². The summed E-state index contributed by atoms with van der Waals surface area (Å²) in [6.07, 6.45) is 0. The Morgan fingerprint density at radius 3 is 2.86 bits per heavy atom. The molecule has 0 aliphatic carbocycles. The van der Waals surface area contributed by atoms with Crippen LogP contribution >= 0.6 is 11.6 Å². The fourth-order valence-electron chi connectivity index (χ4n) is 2.36. The molecule has 2 N–H and O–H groups in total. The number of benzene rings is 2. The Labute approximate surface area is 125 Å². The molecule has 0 unspecified atom stereocenters. The van der Waals surface area contributed by atoms with Crippen molar-refractivity contribution in [2.45, 2.75) is 6.92 Å². The average molecular weight is 298 g/mol. The van der Waals surface area contributed by atoms with Crippen LogP contribution in [0.4, 0.5) is 11.6 Å². The van der Waals surface area contributed by atoms with Crippen LogP contribution in [0.25, 0.3) is 16.8 Å². The molecular weight excluding hydrogens is 286 g/mol. The van der Waals surface area contributed by atoms with E-state index in [-0.39, 0.29) is 0 Å². The molecule has 0 saturated heterocycles. The van der Waals surface area contributed by atoms with Crippen LogP contribution in [-0.2, 0) is 0 Å². The third-order valence-corrected chi connectivity index (χ3v) is 3.90. The van der Waals surface area contributed by atoms with Gasteiger partial charge in [-0.3, -0.25) is 5.10 Å². The Hall–Kier alpha value is -2.53. The van der Waals surface area contributed by atoms with Gasteiger partial charge in [0.1, 0.15) is 0 Å². The molecule has 0 bridgehead atoms. The number of hydrogen-bond donors (Lipinski definition) is 2. The highest BCUT2D eigenvalue weighted by Gasteiger charge is 2.10. The fourth-order valence-corrected chi connectivity index (χ4v) is 2.53.